The number of phenolic OH excluding ortho intramolecular Hbond substituents is 1. The van der Waals surface area contributed by atoms with Crippen molar-refractivity contribution in [1.82, 2.24) is 5.32 Å². The predicted octanol–water partition coefficient (Wildman–Crippen LogP) is 5.17. The van der Waals surface area contributed by atoms with E-state index in [1.165, 1.54) is 0 Å². The van der Waals surface area contributed by atoms with E-state index in [4.69, 9.17) is 0 Å². The molecule has 0 atom stereocenters. The number of hydrogen-bond donors (Lipinski definition) is 3. The summed E-state index contributed by atoms with van der Waals surface area (Å²) in [5, 5.41) is 24.8. The Morgan fingerprint density at radius 1 is 0.962 bits per heavy atom. The third-order valence-electron chi connectivity index (χ3n) is 3.45. The number of nitrogens with one attached hydrogen (secondary N) is 1. The van der Waals surface area contributed by atoms with Crippen LogP contribution in [0.15, 0.2) is 53.4 Å². The van der Waals surface area contributed by atoms with Gasteiger partial charge in [-0.25, -0.2) is 0 Å². The minimum Gasteiger partial charge on any atom is -0.506 e. The van der Waals surface area contributed by atoms with Gasteiger partial charge in [0.15, 0.2) is 0 Å². The summed E-state index contributed by atoms with van der Waals surface area (Å²) in [6.07, 6.45) is 0.765. The van der Waals surface area contributed by atoms with E-state index in [2.05, 4.69) is 74.2 Å². The third kappa shape index (κ3) is 6.07. The Bertz CT molecular complexity index is 813. The smallest absolute Gasteiger partial charge is 0.269 e. The lowest BCUT2D eigenvalue weighted by Gasteiger charge is -2.09. The average Bonchev–Trinajstić information content (AvgIpc) is 2.56. The van der Waals surface area contributed by atoms with Crippen LogP contribution in [0.2, 0.25) is 0 Å². The van der Waals surface area contributed by atoms with Crippen LogP contribution in [0.1, 0.15) is 11.1 Å². The Balaban J connectivity index is 1.96. The highest BCUT2D eigenvalue weighted by atomic mass is 79.9. The molecule has 0 unspecified atom stereocenters. The lowest BCUT2D eigenvalue weighted by molar-refractivity contribution is -0.115. The van der Waals surface area contributed by atoms with E-state index in [-0.39, 0.29) is 17.9 Å². The van der Waals surface area contributed by atoms with Crippen LogP contribution in [0.3, 0.4) is 0 Å². The number of phenols is 1. The summed E-state index contributed by atoms with van der Waals surface area (Å²) in [5.41, 5.74) is 1.76. The second-order valence-electron chi connectivity index (χ2n) is 5.42. The Labute approximate surface area is 184 Å². The molecule has 0 aliphatic rings. The van der Waals surface area contributed by atoms with Crippen LogP contribution in [-0.4, -0.2) is 28.5 Å². The Hall–Kier alpha value is -0.900. The van der Waals surface area contributed by atoms with Crippen molar-refractivity contribution in [1.29, 1.82) is 0 Å². The minimum atomic E-state index is -0.443. The predicted molar refractivity (Wildman–Crippen MR) is 115 cm³/mol. The lowest BCUT2D eigenvalue weighted by Crippen LogP contribution is -2.33. The number of carbonyl (C=O) groups is 1. The van der Waals surface area contributed by atoms with E-state index in [1.54, 1.807) is 12.1 Å². The van der Waals surface area contributed by atoms with Crippen LogP contribution in [0, 0.1) is 0 Å². The van der Waals surface area contributed by atoms with Gasteiger partial charge in [-0.1, -0.05) is 37.0 Å². The van der Waals surface area contributed by atoms with Crippen molar-refractivity contribution in [3.05, 3.63) is 59.3 Å². The fraction of sp³-hybridized carbons (Fsp3) is 0.176. The molecule has 0 aliphatic carbocycles. The summed E-state index contributed by atoms with van der Waals surface area (Å²) in [6, 6.07) is 9.22. The molecule has 2 aromatic carbocycles. The first-order chi connectivity index (χ1) is 12.3. The molecule has 0 heterocycles. The maximum Gasteiger partial charge on any atom is 0.269 e. The maximum absolute atomic E-state index is 12.2. The molecule has 138 valence electrons. The second-order valence-corrected chi connectivity index (χ2v) is 8.96. The van der Waals surface area contributed by atoms with E-state index < -0.39 is 5.91 Å². The summed E-state index contributed by atoms with van der Waals surface area (Å²) in [7, 11) is 0. The molecule has 9 heteroatoms. The molecule has 2 rings (SSSR count). The average molecular weight is 614 g/mol. The zero-order valence-corrected chi connectivity index (χ0v) is 19.6. The monoisotopic (exact) mass is 610 g/mol. The Morgan fingerprint density at radius 3 is 2.08 bits per heavy atom. The van der Waals surface area contributed by atoms with Gasteiger partial charge >= 0.3 is 0 Å². The van der Waals surface area contributed by atoms with Gasteiger partial charge in [0.1, 0.15) is 11.5 Å². The minimum absolute atomic E-state index is 0.00934. The molecule has 1 amide bonds. The molecule has 0 bridgehead atoms. The van der Waals surface area contributed by atoms with Crippen molar-refractivity contribution in [2.75, 3.05) is 6.54 Å². The molecule has 2 aromatic rings. The number of aromatic hydroxyl groups is 1. The van der Waals surface area contributed by atoms with E-state index in [1.807, 2.05) is 18.2 Å². The Kier molecular flexibility index (Phi) is 8.12. The number of carbonyl (C=O) groups excluding carboxylic acids is 1. The first-order valence-electron chi connectivity index (χ1n) is 7.41. The molecule has 0 saturated carbocycles. The zero-order valence-electron chi connectivity index (χ0n) is 13.3. The first kappa shape index (κ1) is 21.4. The number of rotatable bonds is 6. The van der Waals surface area contributed by atoms with Crippen LogP contribution in [0.25, 0.3) is 0 Å². The fourth-order valence-corrected chi connectivity index (χ4v) is 4.92. The van der Waals surface area contributed by atoms with Crippen molar-refractivity contribution < 1.29 is 15.1 Å². The normalized spacial score (nSPS) is 11.5. The highest BCUT2D eigenvalue weighted by molar-refractivity contribution is 9.11. The lowest BCUT2D eigenvalue weighted by atomic mass is 10.1. The van der Waals surface area contributed by atoms with Gasteiger partial charge in [-0.15, -0.1) is 0 Å². The number of amides is 1. The maximum atomic E-state index is 12.2. The quantitative estimate of drug-likeness (QED) is 0.239. The second kappa shape index (κ2) is 9.87. The largest absolute Gasteiger partial charge is 0.506 e. The summed E-state index contributed by atoms with van der Waals surface area (Å²) in [5.74, 6) is -0.372. The summed E-state index contributed by atoms with van der Waals surface area (Å²) in [4.78, 5) is 12.2. The van der Waals surface area contributed by atoms with Crippen LogP contribution in [0.4, 0.5) is 0 Å². The summed E-state index contributed by atoms with van der Waals surface area (Å²) < 4.78 is 2.88. The van der Waals surface area contributed by atoms with Gasteiger partial charge < -0.3 is 15.6 Å². The van der Waals surface area contributed by atoms with Crippen LogP contribution in [0.5, 0.6) is 5.75 Å². The van der Waals surface area contributed by atoms with Gasteiger partial charge in [0.2, 0.25) is 0 Å². The molecular formula is C17H14Br4N2O3. The molecule has 0 aromatic heterocycles. The molecular weight excluding hydrogens is 600 g/mol. The standard InChI is InChI=1S/C17H14Br4N2O3/c18-11-3-9(4-12(19)8-11)1-2-22-17(25)15(23-26)7-10-5-13(20)16(24)14(21)6-10/h3-6,8,24,26H,1-2,7H2,(H,22,25)/b23-15-. The van der Waals surface area contributed by atoms with Crippen LogP contribution in [-0.2, 0) is 17.6 Å². The molecule has 26 heavy (non-hydrogen) atoms. The van der Waals surface area contributed by atoms with E-state index in [0.29, 0.717) is 27.5 Å². The number of nitrogens with zero attached hydrogens (tertiary/aromatic N) is 1. The van der Waals surface area contributed by atoms with Crippen molar-refractivity contribution >= 4 is 75.3 Å². The van der Waals surface area contributed by atoms with Gasteiger partial charge in [-0.2, -0.15) is 0 Å². The van der Waals surface area contributed by atoms with Gasteiger partial charge in [-0.3, -0.25) is 4.79 Å². The molecule has 3 N–H and O–H groups in total. The van der Waals surface area contributed by atoms with Gasteiger partial charge in [0, 0.05) is 21.9 Å². The Morgan fingerprint density at radius 2 is 1.54 bits per heavy atom. The molecule has 0 fully saturated rings. The van der Waals surface area contributed by atoms with Gasteiger partial charge in [0.05, 0.1) is 8.95 Å². The van der Waals surface area contributed by atoms with Crippen molar-refractivity contribution in [2.24, 2.45) is 5.16 Å². The third-order valence-corrected chi connectivity index (χ3v) is 5.58. The zero-order chi connectivity index (χ0) is 19.3. The number of hydrogen-bond acceptors (Lipinski definition) is 4. The van der Waals surface area contributed by atoms with Crippen molar-refractivity contribution in [3.63, 3.8) is 0 Å². The fourth-order valence-electron chi connectivity index (χ4n) is 2.25. The highest BCUT2D eigenvalue weighted by Crippen LogP contribution is 2.33. The molecule has 0 saturated heterocycles. The first-order valence-corrected chi connectivity index (χ1v) is 10.6. The molecule has 0 spiro atoms. The van der Waals surface area contributed by atoms with E-state index >= 15 is 0 Å². The van der Waals surface area contributed by atoms with Gasteiger partial charge in [-0.05, 0) is 79.7 Å². The topological polar surface area (TPSA) is 81.9 Å². The van der Waals surface area contributed by atoms with E-state index in [9.17, 15) is 15.1 Å². The summed E-state index contributed by atoms with van der Waals surface area (Å²) >= 11 is 13.3. The van der Waals surface area contributed by atoms with Gasteiger partial charge in [0.25, 0.3) is 5.91 Å². The highest BCUT2D eigenvalue weighted by Gasteiger charge is 2.15. The van der Waals surface area contributed by atoms with E-state index in [0.717, 1.165) is 14.5 Å². The number of benzene rings is 2. The van der Waals surface area contributed by atoms with Crippen molar-refractivity contribution in [2.45, 2.75) is 12.8 Å². The number of halogens is 4. The number of oxime groups is 1. The SMILES string of the molecule is O=C(NCCc1cc(Br)cc(Br)c1)/C(Cc1cc(Br)c(O)c(Br)c1)=N\O. The molecule has 0 aliphatic heterocycles. The molecule has 5 nitrogen and oxygen atoms in total. The summed E-state index contributed by atoms with van der Waals surface area (Å²) in [6.45, 7) is 0.406. The van der Waals surface area contributed by atoms with Crippen LogP contribution < -0.4 is 5.32 Å². The van der Waals surface area contributed by atoms with Crippen molar-refractivity contribution in [3.8, 4) is 5.75 Å². The molecule has 0 radical (unpaired) electrons. The van der Waals surface area contributed by atoms with Crippen LogP contribution >= 0.6 is 63.7 Å².